The van der Waals surface area contributed by atoms with Crippen LogP contribution in [-0.2, 0) is 11.8 Å². The van der Waals surface area contributed by atoms with Crippen molar-refractivity contribution in [3.05, 3.63) is 18.1 Å². The minimum atomic E-state index is -0.472. The van der Waals surface area contributed by atoms with E-state index in [0.29, 0.717) is 18.1 Å². The lowest BCUT2D eigenvalue weighted by Gasteiger charge is -2.12. The van der Waals surface area contributed by atoms with Gasteiger partial charge in [-0.3, -0.25) is 0 Å². The van der Waals surface area contributed by atoms with Gasteiger partial charge in [-0.05, 0) is 20.3 Å². The summed E-state index contributed by atoms with van der Waals surface area (Å²) in [4.78, 5) is 16.3. The van der Waals surface area contributed by atoms with E-state index in [1.54, 1.807) is 17.8 Å². The second-order valence-electron chi connectivity index (χ2n) is 4.57. The average molecular weight is 277 g/mol. The van der Waals surface area contributed by atoms with E-state index in [1.807, 2.05) is 24.7 Å². The maximum Gasteiger partial charge on any atom is 0.361 e. The summed E-state index contributed by atoms with van der Waals surface area (Å²) in [6.45, 7) is 6.14. The predicted octanol–water partition coefficient (Wildman–Crippen LogP) is 1.83. The molecule has 0 saturated carbocycles. The third kappa shape index (κ3) is 2.43. The predicted molar refractivity (Wildman–Crippen MR) is 73.2 cm³/mol. The molecule has 0 aliphatic carbocycles. The monoisotopic (exact) mass is 277 g/mol. The molecule has 7 heteroatoms. The standard InChI is InChI=1S/C13H19N5O2/c1-5-9(3)18-11(12-14-7-8-17(12)4)10(15-16-18)13(19)20-6-2/h7-9H,5-6H2,1-4H3. The summed E-state index contributed by atoms with van der Waals surface area (Å²) in [6.07, 6.45) is 4.37. The van der Waals surface area contributed by atoms with Crippen LogP contribution in [0.5, 0.6) is 0 Å². The minimum Gasteiger partial charge on any atom is -0.461 e. The number of imidazole rings is 1. The number of aryl methyl sites for hydroxylation is 1. The Labute approximate surface area is 117 Å². The van der Waals surface area contributed by atoms with Crippen molar-refractivity contribution in [1.82, 2.24) is 24.5 Å². The van der Waals surface area contributed by atoms with Gasteiger partial charge in [0.2, 0.25) is 5.69 Å². The van der Waals surface area contributed by atoms with E-state index >= 15 is 0 Å². The van der Waals surface area contributed by atoms with Crippen molar-refractivity contribution in [2.24, 2.45) is 7.05 Å². The van der Waals surface area contributed by atoms with Gasteiger partial charge in [0.1, 0.15) is 5.69 Å². The zero-order valence-corrected chi connectivity index (χ0v) is 12.2. The SMILES string of the molecule is CCOC(=O)c1nnn(C(C)CC)c1-c1nccn1C. The molecule has 0 aliphatic rings. The van der Waals surface area contributed by atoms with Crippen LogP contribution in [0.15, 0.2) is 12.4 Å². The molecule has 0 aromatic carbocycles. The molecular formula is C13H19N5O2. The fraction of sp³-hybridized carbons (Fsp3) is 0.538. The van der Waals surface area contributed by atoms with Crippen molar-refractivity contribution < 1.29 is 9.53 Å². The number of carbonyl (C=O) groups excluding carboxylic acids is 1. The van der Waals surface area contributed by atoms with Gasteiger partial charge in [-0.15, -0.1) is 5.10 Å². The molecule has 2 aromatic heterocycles. The Morgan fingerprint density at radius 1 is 1.45 bits per heavy atom. The summed E-state index contributed by atoms with van der Waals surface area (Å²) in [5.74, 6) is 0.179. The van der Waals surface area contributed by atoms with Crippen molar-refractivity contribution in [1.29, 1.82) is 0 Å². The number of nitrogens with zero attached hydrogens (tertiary/aromatic N) is 5. The van der Waals surface area contributed by atoms with Crippen LogP contribution in [0.2, 0.25) is 0 Å². The van der Waals surface area contributed by atoms with Gasteiger partial charge in [0.15, 0.2) is 5.82 Å². The summed E-state index contributed by atoms with van der Waals surface area (Å²) in [5.41, 5.74) is 0.812. The molecule has 0 bridgehead atoms. The Morgan fingerprint density at radius 2 is 2.20 bits per heavy atom. The molecule has 0 fully saturated rings. The molecule has 7 nitrogen and oxygen atoms in total. The van der Waals surface area contributed by atoms with E-state index in [9.17, 15) is 4.79 Å². The summed E-state index contributed by atoms with van der Waals surface area (Å²) in [6, 6.07) is 0.123. The molecule has 0 amide bonds. The molecule has 2 heterocycles. The number of esters is 1. The summed E-state index contributed by atoms with van der Waals surface area (Å²) >= 11 is 0. The van der Waals surface area contributed by atoms with E-state index in [4.69, 9.17) is 4.74 Å². The van der Waals surface area contributed by atoms with Gasteiger partial charge in [-0.25, -0.2) is 14.5 Å². The number of carbonyl (C=O) groups is 1. The Balaban J connectivity index is 2.57. The van der Waals surface area contributed by atoms with Crippen LogP contribution >= 0.6 is 0 Å². The topological polar surface area (TPSA) is 74.8 Å². The number of hydrogen-bond donors (Lipinski definition) is 0. The molecule has 0 spiro atoms. The van der Waals surface area contributed by atoms with E-state index in [-0.39, 0.29) is 11.7 Å². The van der Waals surface area contributed by atoms with Gasteiger partial charge in [-0.1, -0.05) is 12.1 Å². The Morgan fingerprint density at radius 3 is 2.75 bits per heavy atom. The molecule has 20 heavy (non-hydrogen) atoms. The van der Waals surface area contributed by atoms with Crippen LogP contribution < -0.4 is 0 Å². The van der Waals surface area contributed by atoms with E-state index in [0.717, 1.165) is 6.42 Å². The van der Waals surface area contributed by atoms with Crippen LogP contribution in [0.4, 0.5) is 0 Å². The highest BCUT2D eigenvalue weighted by Gasteiger charge is 2.26. The fourth-order valence-corrected chi connectivity index (χ4v) is 1.91. The molecule has 0 radical (unpaired) electrons. The summed E-state index contributed by atoms with van der Waals surface area (Å²) in [5, 5.41) is 8.09. The maximum absolute atomic E-state index is 12.0. The van der Waals surface area contributed by atoms with Crippen molar-refractivity contribution in [2.45, 2.75) is 33.2 Å². The summed E-state index contributed by atoms with van der Waals surface area (Å²) < 4.78 is 8.61. The Hall–Kier alpha value is -2.18. The lowest BCUT2D eigenvalue weighted by atomic mass is 10.2. The zero-order valence-electron chi connectivity index (χ0n) is 12.2. The molecule has 2 aromatic rings. The zero-order chi connectivity index (χ0) is 14.7. The number of aromatic nitrogens is 5. The highest BCUT2D eigenvalue weighted by molar-refractivity contribution is 5.93. The van der Waals surface area contributed by atoms with Crippen molar-refractivity contribution in [3.63, 3.8) is 0 Å². The lowest BCUT2D eigenvalue weighted by Crippen LogP contribution is -2.12. The highest BCUT2D eigenvalue weighted by Crippen LogP contribution is 2.25. The smallest absolute Gasteiger partial charge is 0.361 e. The quantitative estimate of drug-likeness (QED) is 0.779. The Bertz CT molecular complexity index is 602. The van der Waals surface area contributed by atoms with Crippen molar-refractivity contribution >= 4 is 5.97 Å². The highest BCUT2D eigenvalue weighted by atomic mass is 16.5. The minimum absolute atomic E-state index is 0.123. The van der Waals surface area contributed by atoms with Crippen LogP contribution in [0.25, 0.3) is 11.5 Å². The number of ether oxygens (including phenoxy) is 1. The van der Waals surface area contributed by atoms with Crippen molar-refractivity contribution in [3.8, 4) is 11.5 Å². The number of rotatable bonds is 5. The average Bonchev–Trinajstić information content (AvgIpc) is 3.03. The third-order valence-electron chi connectivity index (χ3n) is 3.20. The van der Waals surface area contributed by atoms with Gasteiger partial charge in [0.05, 0.1) is 12.6 Å². The molecule has 0 aliphatic heterocycles. The molecular weight excluding hydrogens is 258 g/mol. The molecule has 108 valence electrons. The first kappa shape index (κ1) is 14.2. The van der Waals surface area contributed by atoms with Crippen LogP contribution in [0, 0.1) is 0 Å². The Kier molecular flexibility index (Phi) is 4.16. The molecule has 1 atom stereocenters. The second-order valence-corrected chi connectivity index (χ2v) is 4.57. The maximum atomic E-state index is 12.0. The van der Waals surface area contributed by atoms with E-state index < -0.39 is 5.97 Å². The first-order valence-electron chi connectivity index (χ1n) is 6.70. The lowest BCUT2D eigenvalue weighted by molar-refractivity contribution is 0.0520. The van der Waals surface area contributed by atoms with Gasteiger partial charge < -0.3 is 9.30 Å². The van der Waals surface area contributed by atoms with E-state index in [1.165, 1.54) is 0 Å². The molecule has 0 saturated heterocycles. The van der Waals surface area contributed by atoms with Crippen LogP contribution in [0.1, 0.15) is 43.7 Å². The largest absolute Gasteiger partial charge is 0.461 e. The van der Waals surface area contributed by atoms with Crippen LogP contribution in [0.3, 0.4) is 0 Å². The van der Waals surface area contributed by atoms with Crippen molar-refractivity contribution in [2.75, 3.05) is 6.61 Å². The van der Waals surface area contributed by atoms with Gasteiger partial charge in [0.25, 0.3) is 0 Å². The molecule has 1 unspecified atom stereocenters. The van der Waals surface area contributed by atoms with E-state index in [2.05, 4.69) is 22.2 Å². The third-order valence-corrected chi connectivity index (χ3v) is 3.20. The van der Waals surface area contributed by atoms with Gasteiger partial charge in [-0.2, -0.15) is 0 Å². The van der Waals surface area contributed by atoms with Gasteiger partial charge >= 0.3 is 5.97 Å². The first-order valence-corrected chi connectivity index (χ1v) is 6.70. The normalized spacial score (nSPS) is 12.4. The summed E-state index contributed by atoms with van der Waals surface area (Å²) in [7, 11) is 1.87. The van der Waals surface area contributed by atoms with Gasteiger partial charge in [0, 0.05) is 19.4 Å². The molecule has 2 rings (SSSR count). The second kappa shape index (κ2) is 5.85. The first-order chi connectivity index (χ1) is 9.60. The molecule has 0 N–H and O–H groups in total. The fourth-order valence-electron chi connectivity index (χ4n) is 1.91. The number of hydrogen-bond acceptors (Lipinski definition) is 5. The van der Waals surface area contributed by atoms with Crippen LogP contribution in [-0.4, -0.2) is 37.1 Å².